The van der Waals surface area contributed by atoms with Gasteiger partial charge in [0.05, 0.1) is 6.04 Å². The Balaban J connectivity index is 1.98. The standard InChI is InChI=1S/C16H23N5O/c1-11-18-7-8-21(11)13-6-5-12(9-19-13)10-20-15(22)14(17)16(2,3)4/h5-9,14H,10,17H2,1-4H3,(H,20,22)/t14-/m1/s1. The highest BCUT2D eigenvalue weighted by atomic mass is 16.2. The SMILES string of the molecule is Cc1nccn1-c1ccc(CNC(=O)[C@@H](N)C(C)(C)C)cn1. The van der Waals surface area contributed by atoms with Crippen molar-refractivity contribution in [2.45, 2.75) is 40.3 Å². The van der Waals surface area contributed by atoms with Crippen LogP contribution in [0.3, 0.4) is 0 Å². The summed E-state index contributed by atoms with van der Waals surface area (Å²) >= 11 is 0. The van der Waals surface area contributed by atoms with E-state index in [1.54, 1.807) is 12.4 Å². The number of aryl methyl sites for hydroxylation is 1. The summed E-state index contributed by atoms with van der Waals surface area (Å²) in [6.07, 6.45) is 5.35. The van der Waals surface area contributed by atoms with Crippen molar-refractivity contribution in [1.29, 1.82) is 0 Å². The number of carbonyl (C=O) groups is 1. The van der Waals surface area contributed by atoms with Gasteiger partial charge in [-0.15, -0.1) is 0 Å². The Morgan fingerprint density at radius 2 is 2.09 bits per heavy atom. The summed E-state index contributed by atoms with van der Waals surface area (Å²) in [6.45, 7) is 8.17. The second-order valence-corrected chi connectivity index (χ2v) is 6.43. The smallest absolute Gasteiger partial charge is 0.237 e. The zero-order valence-electron chi connectivity index (χ0n) is 13.5. The third-order valence-electron chi connectivity index (χ3n) is 3.56. The van der Waals surface area contributed by atoms with Gasteiger partial charge in [-0.3, -0.25) is 9.36 Å². The number of hydrogen-bond donors (Lipinski definition) is 2. The first-order valence-electron chi connectivity index (χ1n) is 7.27. The van der Waals surface area contributed by atoms with Crippen molar-refractivity contribution < 1.29 is 4.79 Å². The molecule has 0 spiro atoms. The molecule has 6 nitrogen and oxygen atoms in total. The highest BCUT2D eigenvalue weighted by Crippen LogP contribution is 2.17. The van der Waals surface area contributed by atoms with Gasteiger partial charge in [0.15, 0.2) is 0 Å². The number of nitrogens with two attached hydrogens (primary N) is 1. The Kier molecular flexibility index (Phi) is 4.61. The molecule has 0 bridgehead atoms. The summed E-state index contributed by atoms with van der Waals surface area (Å²) in [6, 6.07) is 3.30. The van der Waals surface area contributed by atoms with Crippen LogP contribution in [0.25, 0.3) is 5.82 Å². The van der Waals surface area contributed by atoms with Crippen LogP contribution in [-0.4, -0.2) is 26.5 Å². The molecule has 1 amide bonds. The van der Waals surface area contributed by atoms with Crippen LogP contribution >= 0.6 is 0 Å². The van der Waals surface area contributed by atoms with Crippen molar-refractivity contribution >= 4 is 5.91 Å². The van der Waals surface area contributed by atoms with Crippen LogP contribution < -0.4 is 11.1 Å². The largest absolute Gasteiger partial charge is 0.351 e. The Morgan fingerprint density at radius 1 is 1.36 bits per heavy atom. The van der Waals surface area contributed by atoms with E-state index >= 15 is 0 Å². The lowest BCUT2D eigenvalue weighted by molar-refractivity contribution is -0.124. The third-order valence-corrected chi connectivity index (χ3v) is 3.56. The molecule has 0 aliphatic carbocycles. The fraction of sp³-hybridized carbons (Fsp3) is 0.438. The van der Waals surface area contributed by atoms with Crippen LogP contribution in [-0.2, 0) is 11.3 Å². The van der Waals surface area contributed by atoms with Crippen LogP contribution in [0.2, 0.25) is 0 Å². The Labute approximate surface area is 130 Å². The van der Waals surface area contributed by atoms with Crippen molar-refractivity contribution in [1.82, 2.24) is 19.9 Å². The summed E-state index contributed by atoms with van der Waals surface area (Å²) in [5, 5.41) is 2.85. The number of pyridine rings is 1. The normalized spacial score (nSPS) is 13.0. The molecular formula is C16H23N5O. The zero-order chi connectivity index (χ0) is 16.3. The van der Waals surface area contributed by atoms with E-state index in [2.05, 4.69) is 15.3 Å². The number of nitrogens with one attached hydrogen (secondary N) is 1. The van der Waals surface area contributed by atoms with Crippen molar-refractivity contribution in [2.75, 3.05) is 0 Å². The molecule has 2 rings (SSSR count). The average molecular weight is 301 g/mol. The Morgan fingerprint density at radius 3 is 2.59 bits per heavy atom. The van der Waals surface area contributed by atoms with E-state index in [0.29, 0.717) is 6.54 Å². The van der Waals surface area contributed by atoms with E-state index in [1.165, 1.54) is 0 Å². The molecular weight excluding hydrogens is 278 g/mol. The van der Waals surface area contributed by atoms with E-state index < -0.39 is 6.04 Å². The van der Waals surface area contributed by atoms with Crippen LogP contribution in [0.5, 0.6) is 0 Å². The summed E-state index contributed by atoms with van der Waals surface area (Å²) in [4.78, 5) is 20.6. The van der Waals surface area contributed by atoms with Crippen molar-refractivity contribution in [3.63, 3.8) is 0 Å². The van der Waals surface area contributed by atoms with Gasteiger partial charge >= 0.3 is 0 Å². The summed E-state index contributed by atoms with van der Waals surface area (Å²) in [5.74, 6) is 1.53. The minimum atomic E-state index is -0.534. The summed E-state index contributed by atoms with van der Waals surface area (Å²) < 4.78 is 1.90. The second kappa shape index (κ2) is 6.27. The molecule has 0 saturated heterocycles. The topological polar surface area (TPSA) is 85.8 Å². The van der Waals surface area contributed by atoms with Gasteiger partial charge in [0.1, 0.15) is 11.6 Å². The first kappa shape index (κ1) is 16.2. The van der Waals surface area contributed by atoms with Crippen LogP contribution in [0.4, 0.5) is 0 Å². The summed E-state index contributed by atoms with van der Waals surface area (Å²) in [7, 11) is 0. The van der Waals surface area contributed by atoms with E-state index in [-0.39, 0.29) is 11.3 Å². The van der Waals surface area contributed by atoms with Gasteiger partial charge in [0.2, 0.25) is 5.91 Å². The average Bonchev–Trinajstić information content (AvgIpc) is 2.89. The molecule has 118 valence electrons. The molecule has 22 heavy (non-hydrogen) atoms. The van der Waals surface area contributed by atoms with Crippen molar-refractivity contribution in [3.05, 3.63) is 42.1 Å². The molecule has 2 heterocycles. The molecule has 6 heteroatoms. The fourth-order valence-corrected chi connectivity index (χ4v) is 1.98. The van der Waals surface area contributed by atoms with E-state index in [9.17, 15) is 4.79 Å². The van der Waals surface area contributed by atoms with Crippen molar-refractivity contribution in [2.24, 2.45) is 11.1 Å². The molecule has 0 fully saturated rings. The maximum atomic E-state index is 12.0. The Hall–Kier alpha value is -2.21. The van der Waals surface area contributed by atoms with Gasteiger partial charge in [-0.05, 0) is 24.0 Å². The molecule has 2 aromatic heterocycles. The summed E-state index contributed by atoms with van der Waals surface area (Å²) in [5.41, 5.74) is 6.59. The molecule has 0 aliphatic rings. The lowest BCUT2D eigenvalue weighted by Crippen LogP contribution is -2.48. The van der Waals surface area contributed by atoms with Gasteiger partial charge in [0.25, 0.3) is 0 Å². The number of carbonyl (C=O) groups excluding carboxylic acids is 1. The highest BCUT2D eigenvalue weighted by Gasteiger charge is 2.27. The molecule has 0 saturated carbocycles. The van der Waals surface area contributed by atoms with Gasteiger partial charge in [-0.1, -0.05) is 26.8 Å². The predicted octanol–water partition coefficient (Wildman–Crippen LogP) is 1.57. The number of aromatic nitrogens is 3. The van der Waals surface area contributed by atoms with Gasteiger partial charge in [0, 0.05) is 25.1 Å². The number of rotatable bonds is 4. The molecule has 1 atom stereocenters. The lowest BCUT2D eigenvalue weighted by Gasteiger charge is -2.25. The maximum absolute atomic E-state index is 12.0. The van der Waals surface area contributed by atoms with E-state index in [0.717, 1.165) is 17.2 Å². The number of amides is 1. The van der Waals surface area contributed by atoms with E-state index in [4.69, 9.17) is 5.73 Å². The first-order chi connectivity index (χ1) is 10.3. The van der Waals surface area contributed by atoms with Gasteiger partial charge in [-0.2, -0.15) is 0 Å². The van der Waals surface area contributed by atoms with Crippen LogP contribution in [0.15, 0.2) is 30.7 Å². The maximum Gasteiger partial charge on any atom is 0.237 e. The molecule has 2 aromatic rings. The predicted molar refractivity (Wildman–Crippen MR) is 85.4 cm³/mol. The third kappa shape index (κ3) is 3.71. The lowest BCUT2D eigenvalue weighted by atomic mass is 9.87. The zero-order valence-corrected chi connectivity index (χ0v) is 13.5. The minimum absolute atomic E-state index is 0.151. The molecule has 0 aromatic carbocycles. The first-order valence-corrected chi connectivity index (χ1v) is 7.27. The monoisotopic (exact) mass is 301 g/mol. The fourth-order valence-electron chi connectivity index (χ4n) is 1.98. The Bertz CT molecular complexity index is 639. The molecule has 0 radical (unpaired) electrons. The van der Waals surface area contributed by atoms with Crippen molar-refractivity contribution in [3.8, 4) is 5.82 Å². The van der Waals surface area contributed by atoms with Gasteiger partial charge in [-0.25, -0.2) is 9.97 Å². The van der Waals surface area contributed by atoms with Crippen LogP contribution in [0, 0.1) is 12.3 Å². The van der Waals surface area contributed by atoms with E-state index in [1.807, 2.05) is 50.6 Å². The molecule has 3 N–H and O–H groups in total. The number of imidazole rings is 1. The van der Waals surface area contributed by atoms with Gasteiger partial charge < -0.3 is 11.1 Å². The van der Waals surface area contributed by atoms with Crippen LogP contribution in [0.1, 0.15) is 32.2 Å². The minimum Gasteiger partial charge on any atom is -0.351 e. The molecule has 0 unspecified atom stereocenters. The number of nitrogens with zero attached hydrogens (tertiary/aromatic N) is 3. The number of hydrogen-bond acceptors (Lipinski definition) is 4. The second-order valence-electron chi connectivity index (χ2n) is 6.43. The quantitative estimate of drug-likeness (QED) is 0.897. The molecule has 0 aliphatic heterocycles. The highest BCUT2D eigenvalue weighted by molar-refractivity contribution is 5.82.